The third kappa shape index (κ3) is 4.33. The van der Waals surface area contributed by atoms with Gasteiger partial charge in [0.1, 0.15) is 0 Å². The number of aliphatic hydroxyl groups excluding tert-OH is 1. The molecule has 1 unspecified atom stereocenters. The first-order chi connectivity index (χ1) is 10.6. The van der Waals surface area contributed by atoms with Crippen LogP contribution in [0.4, 0.5) is 5.69 Å². The van der Waals surface area contributed by atoms with E-state index in [1.807, 2.05) is 62.4 Å². The first kappa shape index (κ1) is 16.0. The van der Waals surface area contributed by atoms with E-state index in [1.54, 1.807) is 6.07 Å². The summed E-state index contributed by atoms with van der Waals surface area (Å²) in [5.41, 5.74) is 2.36. The van der Waals surface area contributed by atoms with Crippen molar-refractivity contribution < 1.29 is 9.90 Å². The zero-order chi connectivity index (χ0) is 15.9. The van der Waals surface area contributed by atoms with Crippen LogP contribution in [0.1, 0.15) is 35.8 Å². The Hall–Kier alpha value is -2.33. The van der Waals surface area contributed by atoms with E-state index in [9.17, 15) is 9.90 Å². The number of benzene rings is 2. The van der Waals surface area contributed by atoms with Gasteiger partial charge in [0.15, 0.2) is 0 Å². The molecule has 0 aromatic heterocycles. The normalized spacial score (nSPS) is 12.0. The number of carbonyl (C=O) groups excluding carboxylic acids is 1. The number of aliphatic hydroxyl groups is 1. The lowest BCUT2D eigenvalue weighted by Gasteiger charge is -2.17. The van der Waals surface area contributed by atoms with E-state index in [1.165, 1.54) is 0 Å². The average Bonchev–Trinajstić information content (AvgIpc) is 2.53. The van der Waals surface area contributed by atoms with Gasteiger partial charge in [-0.15, -0.1) is 0 Å². The van der Waals surface area contributed by atoms with Crippen molar-refractivity contribution in [3.8, 4) is 0 Å². The third-order valence-corrected chi connectivity index (χ3v) is 3.27. The van der Waals surface area contributed by atoms with Crippen LogP contribution in [0.15, 0.2) is 54.6 Å². The summed E-state index contributed by atoms with van der Waals surface area (Å²) in [6.45, 7) is 3.95. The molecule has 0 fully saturated rings. The Labute approximate surface area is 131 Å². The van der Waals surface area contributed by atoms with E-state index in [-0.39, 0.29) is 12.5 Å². The Morgan fingerprint density at radius 1 is 1.09 bits per heavy atom. The van der Waals surface area contributed by atoms with Gasteiger partial charge in [0, 0.05) is 17.3 Å². The largest absolute Gasteiger partial charge is 0.394 e. The minimum Gasteiger partial charge on any atom is -0.394 e. The summed E-state index contributed by atoms with van der Waals surface area (Å²) in [5.74, 6) is -0.199. The van der Waals surface area contributed by atoms with Crippen LogP contribution in [0.5, 0.6) is 0 Å². The van der Waals surface area contributed by atoms with Crippen LogP contribution in [-0.4, -0.2) is 23.7 Å². The topological polar surface area (TPSA) is 61.4 Å². The molecule has 0 saturated heterocycles. The van der Waals surface area contributed by atoms with Crippen LogP contribution in [0, 0.1) is 0 Å². The fourth-order valence-corrected chi connectivity index (χ4v) is 2.24. The van der Waals surface area contributed by atoms with Crippen LogP contribution in [0.3, 0.4) is 0 Å². The number of amides is 1. The van der Waals surface area contributed by atoms with E-state index in [0.717, 1.165) is 11.3 Å². The third-order valence-electron chi connectivity index (χ3n) is 3.27. The molecule has 0 spiro atoms. The highest BCUT2D eigenvalue weighted by Crippen LogP contribution is 2.15. The van der Waals surface area contributed by atoms with Crippen molar-refractivity contribution in [2.75, 3.05) is 11.9 Å². The van der Waals surface area contributed by atoms with Gasteiger partial charge in [0.2, 0.25) is 0 Å². The molecule has 4 nitrogen and oxygen atoms in total. The standard InChI is InChI=1S/C18H22N2O2/c1-13(2)19-16-10-6-9-15(11-16)18(22)20-17(12-21)14-7-4-3-5-8-14/h3-11,13,17,19,21H,12H2,1-2H3,(H,20,22). The van der Waals surface area contributed by atoms with Gasteiger partial charge >= 0.3 is 0 Å². The van der Waals surface area contributed by atoms with Crippen LogP contribution in [0.25, 0.3) is 0 Å². The van der Waals surface area contributed by atoms with Crippen LogP contribution in [-0.2, 0) is 0 Å². The molecule has 2 rings (SSSR count). The van der Waals surface area contributed by atoms with Crippen molar-refractivity contribution >= 4 is 11.6 Å². The molecule has 0 bridgehead atoms. The Morgan fingerprint density at radius 2 is 1.82 bits per heavy atom. The number of hydrogen-bond donors (Lipinski definition) is 3. The Balaban J connectivity index is 2.11. The van der Waals surface area contributed by atoms with E-state index >= 15 is 0 Å². The molecular weight excluding hydrogens is 276 g/mol. The molecule has 0 aliphatic carbocycles. The minimum atomic E-state index is -0.407. The van der Waals surface area contributed by atoms with E-state index in [0.29, 0.717) is 11.6 Å². The Morgan fingerprint density at radius 3 is 2.45 bits per heavy atom. The van der Waals surface area contributed by atoms with Gasteiger partial charge in [0.05, 0.1) is 12.6 Å². The monoisotopic (exact) mass is 298 g/mol. The van der Waals surface area contributed by atoms with Crippen molar-refractivity contribution in [3.63, 3.8) is 0 Å². The summed E-state index contributed by atoms with van der Waals surface area (Å²) in [6, 6.07) is 16.7. The van der Waals surface area contributed by atoms with Crippen molar-refractivity contribution in [3.05, 3.63) is 65.7 Å². The van der Waals surface area contributed by atoms with Crippen LogP contribution < -0.4 is 10.6 Å². The van der Waals surface area contributed by atoms with E-state index < -0.39 is 6.04 Å². The molecule has 1 amide bonds. The molecule has 116 valence electrons. The first-order valence-electron chi connectivity index (χ1n) is 7.43. The summed E-state index contributed by atoms with van der Waals surface area (Å²) in [5, 5.41) is 15.7. The van der Waals surface area contributed by atoms with Gasteiger partial charge in [-0.1, -0.05) is 36.4 Å². The predicted octanol–water partition coefficient (Wildman–Crippen LogP) is 2.97. The van der Waals surface area contributed by atoms with E-state index in [4.69, 9.17) is 0 Å². The molecule has 0 aliphatic heterocycles. The molecule has 0 aliphatic rings. The van der Waals surface area contributed by atoms with Crippen LogP contribution >= 0.6 is 0 Å². The van der Waals surface area contributed by atoms with Gasteiger partial charge in [-0.05, 0) is 37.6 Å². The second-order valence-corrected chi connectivity index (χ2v) is 5.50. The zero-order valence-electron chi connectivity index (χ0n) is 12.9. The molecule has 0 radical (unpaired) electrons. The van der Waals surface area contributed by atoms with Gasteiger partial charge < -0.3 is 15.7 Å². The lowest BCUT2D eigenvalue weighted by Crippen LogP contribution is -2.30. The summed E-state index contributed by atoms with van der Waals surface area (Å²) in [6.07, 6.45) is 0. The second-order valence-electron chi connectivity index (χ2n) is 5.50. The Bertz CT molecular complexity index is 611. The van der Waals surface area contributed by atoms with Gasteiger partial charge in [-0.2, -0.15) is 0 Å². The number of rotatable bonds is 6. The van der Waals surface area contributed by atoms with Gasteiger partial charge in [0.25, 0.3) is 5.91 Å². The van der Waals surface area contributed by atoms with Gasteiger partial charge in [-0.25, -0.2) is 0 Å². The minimum absolute atomic E-state index is 0.139. The number of carbonyl (C=O) groups is 1. The smallest absolute Gasteiger partial charge is 0.251 e. The average molecular weight is 298 g/mol. The molecule has 1 atom stereocenters. The fraction of sp³-hybridized carbons (Fsp3) is 0.278. The first-order valence-corrected chi connectivity index (χ1v) is 7.43. The highest BCUT2D eigenvalue weighted by molar-refractivity contribution is 5.95. The molecular formula is C18H22N2O2. The molecule has 2 aromatic carbocycles. The van der Waals surface area contributed by atoms with Crippen molar-refractivity contribution in [1.82, 2.24) is 5.32 Å². The predicted molar refractivity (Wildman–Crippen MR) is 88.9 cm³/mol. The van der Waals surface area contributed by atoms with Crippen LogP contribution in [0.2, 0.25) is 0 Å². The van der Waals surface area contributed by atoms with Crippen molar-refractivity contribution in [1.29, 1.82) is 0 Å². The van der Waals surface area contributed by atoms with Crippen molar-refractivity contribution in [2.45, 2.75) is 25.9 Å². The molecule has 2 aromatic rings. The Kier molecular flexibility index (Phi) is 5.55. The highest BCUT2D eigenvalue weighted by atomic mass is 16.3. The highest BCUT2D eigenvalue weighted by Gasteiger charge is 2.15. The molecule has 0 saturated carbocycles. The maximum Gasteiger partial charge on any atom is 0.251 e. The number of nitrogens with one attached hydrogen (secondary N) is 2. The lowest BCUT2D eigenvalue weighted by atomic mass is 10.1. The number of hydrogen-bond acceptors (Lipinski definition) is 3. The summed E-state index contributed by atoms with van der Waals surface area (Å²) >= 11 is 0. The SMILES string of the molecule is CC(C)Nc1cccc(C(=O)NC(CO)c2ccccc2)c1. The second kappa shape index (κ2) is 7.61. The maximum atomic E-state index is 12.4. The summed E-state index contributed by atoms with van der Waals surface area (Å²) in [7, 11) is 0. The van der Waals surface area contributed by atoms with Crippen molar-refractivity contribution in [2.24, 2.45) is 0 Å². The molecule has 3 N–H and O–H groups in total. The quantitative estimate of drug-likeness (QED) is 0.768. The molecule has 22 heavy (non-hydrogen) atoms. The zero-order valence-corrected chi connectivity index (χ0v) is 12.9. The maximum absolute atomic E-state index is 12.4. The van der Waals surface area contributed by atoms with E-state index in [2.05, 4.69) is 10.6 Å². The summed E-state index contributed by atoms with van der Waals surface area (Å²) in [4.78, 5) is 12.4. The van der Waals surface area contributed by atoms with Gasteiger partial charge in [-0.3, -0.25) is 4.79 Å². The summed E-state index contributed by atoms with van der Waals surface area (Å²) < 4.78 is 0. The number of anilines is 1. The molecule has 0 heterocycles. The lowest BCUT2D eigenvalue weighted by molar-refractivity contribution is 0.0916. The fourth-order valence-electron chi connectivity index (χ4n) is 2.24. The molecule has 4 heteroatoms.